The van der Waals surface area contributed by atoms with Crippen molar-refractivity contribution < 1.29 is 24.3 Å². The molecule has 4 heterocycles. The van der Waals surface area contributed by atoms with Crippen LogP contribution in [-0.2, 0) is 19.2 Å². The van der Waals surface area contributed by atoms with Gasteiger partial charge in [-0.1, -0.05) is 39.9 Å². The molecule has 2 aliphatic heterocycles. The molecule has 2 aromatic heterocycles. The molecule has 1 saturated heterocycles. The minimum atomic E-state index is -1.21. The number of aromatic nitrogens is 2. The molecule has 2 aromatic rings. The molecule has 0 aliphatic carbocycles. The monoisotopic (exact) mass is 542 g/mol. The van der Waals surface area contributed by atoms with Crippen LogP contribution in [0.1, 0.15) is 29.1 Å². The largest absolute Gasteiger partial charge is 0.477 e. The summed E-state index contributed by atoms with van der Waals surface area (Å²) in [6.07, 6.45) is 0.901. The van der Waals surface area contributed by atoms with Gasteiger partial charge in [0.25, 0.3) is 11.8 Å². The molecule has 180 valence electrons. The number of nitrogens with two attached hydrogens (primary N) is 1. The van der Waals surface area contributed by atoms with Gasteiger partial charge in [0.05, 0.1) is 11.7 Å². The lowest BCUT2D eigenvalue weighted by atomic mass is 9.86. The molecule has 2 atom stereocenters. The molecular weight excluding hydrogens is 524 g/mol. The smallest absolute Gasteiger partial charge is 0.353 e. The number of hydrogen-bond donors (Lipinski definition) is 3. The predicted molar refractivity (Wildman–Crippen MR) is 129 cm³/mol. The van der Waals surface area contributed by atoms with E-state index >= 15 is 0 Å². The number of oxime groups is 1. The van der Waals surface area contributed by atoms with Gasteiger partial charge in [-0.15, -0.1) is 11.3 Å². The van der Waals surface area contributed by atoms with Gasteiger partial charge < -0.3 is 21.0 Å². The molecule has 1 unspecified atom stereocenters. The summed E-state index contributed by atoms with van der Waals surface area (Å²) in [4.78, 5) is 54.0. The van der Waals surface area contributed by atoms with Gasteiger partial charge in [-0.3, -0.25) is 14.5 Å². The van der Waals surface area contributed by atoms with Gasteiger partial charge in [-0.05, 0) is 26.7 Å². The summed E-state index contributed by atoms with van der Waals surface area (Å²) < 4.78 is 0.868. The van der Waals surface area contributed by atoms with Crippen molar-refractivity contribution >= 4 is 74.7 Å². The third-order valence-electron chi connectivity index (χ3n) is 5.32. The first-order chi connectivity index (χ1) is 16.1. The Bertz CT molecular complexity index is 1240. The number of anilines is 1. The number of thiazole rings is 2. The molecule has 4 N–H and O–H groups in total. The number of hydrogen-bond acceptors (Lipinski definition) is 11. The highest BCUT2D eigenvalue weighted by Gasteiger charge is 2.54. The summed E-state index contributed by atoms with van der Waals surface area (Å²) >= 11 is 9.80. The zero-order valence-electron chi connectivity index (χ0n) is 18.1. The van der Waals surface area contributed by atoms with Crippen molar-refractivity contribution in [3.8, 4) is 0 Å². The number of nitrogens with one attached hydrogen (secondary N) is 1. The van der Waals surface area contributed by atoms with Crippen LogP contribution in [0.5, 0.6) is 0 Å². The van der Waals surface area contributed by atoms with Crippen molar-refractivity contribution in [2.45, 2.75) is 43.1 Å². The lowest BCUT2D eigenvalue weighted by Gasteiger charge is -2.50. The van der Waals surface area contributed by atoms with Crippen molar-refractivity contribution in [1.82, 2.24) is 20.2 Å². The van der Waals surface area contributed by atoms with Crippen LogP contribution in [0.4, 0.5) is 5.13 Å². The number of thioether (sulfide) groups is 1. The number of rotatable bonds is 7. The number of carbonyl (C=O) groups is 3. The highest BCUT2D eigenvalue weighted by Crippen LogP contribution is 2.44. The number of aryl methyl sites for hydroxylation is 2. The number of nitrogens with zero attached hydrogens (tertiary/aromatic N) is 4. The second-order valence-electron chi connectivity index (χ2n) is 7.36. The average molecular weight is 543 g/mol. The SMILES string of the molecule is CO/N=C(\C(=O)N[C@@H]1C(=O)N2C(C(=O)O)=C(Sc3nc(C)c(C)s3)CCC12)c1nc(N)sc1Cl. The van der Waals surface area contributed by atoms with E-state index in [-0.39, 0.29) is 26.6 Å². The maximum absolute atomic E-state index is 13.0. The number of nitrogen functional groups attached to an aromatic ring is 1. The Hall–Kier alpha value is -2.68. The van der Waals surface area contributed by atoms with Crippen LogP contribution in [-0.4, -0.2) is 62.7 Å². The van der Waals surface area contributed by atoms with Gasteiger partial charge in [0.15, 0.2) is 15.2 Å². The minimum Gasteiger partial charge on any atom is -0.477 e. The van der Waals surface area contributed by atoms with Gasteiger partial charge in [0.2, 0.25) is 0 Å². The van der Waals surface area contributed by atoms with Gasteiger partial charge in [0.1, 0.15) is 28.9 Å². The molecule has 1 fully saturated rings. The minimum absolute atomic E-state index is 0.0367. The van der Waals surface area contributed by atoms with Gasteiger partial charge in [0, 0.05) is 9.78 Å². The third kappa shape index (κ3) is 4.37. The molecule has 15 heteroatoms. The van der Waals surface area contributed by atoms with Gasteiger partial charge in [-0.25, -0.2) is 14.8 Å². The molecule has 2 aliphatic rings. The molecule has 0 radical (unpaired) electrons. The molecule has 11 nitrogen and oxygen atoms in total. The van der Waals surface area contributed by atoms with Crippen LogP contribution in [0.15, 0.2) is 20.1 Å². The number of aliphatic carboxylic acids is 1. The molecular formula is C19H19ClN6O5S3. The normalized spacial score (nSPS) is 20.2. The molecule has 0 spiro atoms. The van der Waals surface area contributed by atoms with Gasteiger partial charge >= 0.3 is 5.97 Å². The third-order valence-corrected chi connectivity index (χ3v) is 8.69. The Balaban J connectivity index is 1.55. The van der Waals surface area contributed by atoms with Crippen LogP contribution >= 0.6 is 46.0 Å². The molecule has 0 saturated carbocycles. The van der Waals surface area contributed by atoms with Crippen molar-refractivity contribution in [3.05, 3.63) is 31.2 Å². The van der Waals surface area contributed by atoms with E-state index in [2.05, 4.69) is 20.4 Å². The zero-order valence-corrected chi connectivity index (χ0v) is 21.3. The van der Waals surface area contributed by atoms with E-state index in [0.717, 1.165) is 26.2 Å². The number of carboxylic acids is 1. The van der Waals surface area contributed by atoms with Crippen LogP contribution < -0.4 is 11.1 Å². The number of carbonyl (C=O) groups excluding carboxylic acids is 2. The fourth-order valence-corrected chi connectivity index (χ4v) is 6.98. The lowest BCUT2D eigenvalue weighted by Crippen LogP contribution is -2.72. The average Bonchev–Trinajstić information content (AvgIpc) is 3.28. The van der Waals surface area contributed by atoms with Crippen molar-refractivity contribution in [3.63, 3.8) is 0 Å². The van der Waals surface area contributed by atoms with Gasteiger partial charge in [-0.2, -0.15) is 0 Å². The highest BCUT2D eigenvalue weighted by molar-refractivity contribution is 8.04. The number of fused-ring (bicyclic) bond motifs is 1. The van der Waals surface area contributed by atoms with E-state index in [1.54, 1.807) is 0 Å². The first-order valence-electron chi connectivity index (χ1n) is 9.88. The first-order valence-corrected chi connectivity index (χ1v) is 12.7. The second-order valence-corrected chi connectivity index (χ2v) is 11.5. The molecule has 2 amide bonds. The number of allylic oxidation sites excluding steroid dienone is 1. The summed E-state index contributed by atoms with van der Waals surface area (Å²) in [7, 11) is 1.25. The van der Waals surface area contributed by atoms with E-state index in [1.807, 2.05) is 13.8 Å². The summed E-state index contributed by atoms with van der Waals surface area (Å²) in [5.41, 5.74) is 6.26. The first kappa shape index (κ1) is 24.4. The van der Waals surface area contributed by atoms with Crippen LogP contribution in [0, 0.1) is 13.8 Å². The van der Waals surface area contributed by atoms with E-state index in [9.17, 15) is 19.5 Å². The van der Waals surface area contributed by atoms with Crippen LogP contribution in [0.3, 0.4) is 0 Å². The number of amides is 2. The van der Waals surface area contributed by atoms with Crippen molar-refractivity contribution in [2.75, 3.05) is 12.8 Å². The summed E-state index contributed by atoms with van der Waals surface area (Å²) in [5, 5.41) is 16.3. The van der Waals surface area contributed by atoms with E-state index in [1.165, 1.54) is 35.1 Å². The standard InChI is InChI=1S/C19H19ClN6O5S3/c1-6-7(2)32-19(22-6)33-9-5-4-8-10(16(28)26(8)13(9)17(29)30)23-15(27)12(25-31-3)11-14(20)34-18(21)24-11/h8,10H,4-5H2,1-3H3,(H2,21,24)(H,23,27)(H,29,30)/b25-12-/t8?,10-/m0/s1. The second kappa shape index (κ2) is 9.52. The van der Waals surface area contributed by atoms with Crippen LogP contribution in [0.25, 0.3) is 0 Å². The number of carboxylic acid groups (broad SMARTS) is 1. The highest BCUT2D eigenvalue weighted by atomic mass is 35.5. The number of halogens is 1. The molecule has 34 heavy (non-hydrogen) atoms. The summed E-state index contributed by atoms with van der Waals surface area (Å²) in [5.74, 6) is -2.47. The van der Waals surface area contributed by atoms with E-state index in [0.29, 0.717) is 17.7 Å². The number of β-lactam (4-membered cyclic amide) rings is 1. The molecule has 0 aromatic carbocycles. The topological polar surface area (TPSA) is 160 Å². The van der Waals surface area contributed by atoms with E-state index in [4.69, 9.17) is 22.2 Å². The maximum Gasteiger partial charge on any atom is 0.353 e. The Morgan fingerprint density at radius 3 is 2.65 bits per heavy atom. The Morgan fingerprint density at radius 1 is 1.35 bits per heavy atom. The quantitative estimate of drug-likeness (QED) is 0.271. The Morgan fingerprint density at radius 2 is 2.09 bits per heavy atom. The lowest BCUT2D eigenvalue weighted by molar-refractivity contribution is -0.155. The fraction of sp³-hybridized carbons (Fsp3) is 0.368. The summed E-state index contributed by atoms with van der Waals surface area (Å²) in [6.45, 7) is 3.83. The van der Waals surface area contributed by atoms with E-state index < -0.39 is 29.9 Å². The summed E-state index contributed by atoms with van der Waals surface area (Å²) in [6, 6.07) is -1.43. The predicted octanol–water partition coefficient (Wildman–Crippen LogP) is 2.38. The molecule has 0 bridgehead atoms. The Labute approximate surface area is 211 Å². The van der Waals surface area contributed by atoms with Crippen LogP contribution in [0.2, 0.25) is 4.34 Å². The van der Waals surface area contributed by atoms with Crippen molar-refractivity contribution in [2.24, 2.45) is 5.16 Å². The molecule has 4 rings (SSSR count). The maximum atomic E-state index is 13.0. The van der Waals surface area contributed by atoms with Crippen molar-refractivity contribution in [1.29, 1.82) is 0 Å². The zero-order chi connectivity index (χ0) is 24.7. The Kier molecular flexibility index (Phi) is 6.85. The fourth-order valence-electron chi connectivity index (χ4n) is 3.68.